The van der Waals surface area contributed by atoms with E-state index in [2.05, 4.69) is 20.9 Å². The topological polar surface area (TPSA) is 101 Å². The summed E-state index contributed by atoms with van der Waals surface area (Å²) in [6, 6.07) is 5.03. The Morgan fingerprint density at radius 1 is 1.25 bits per heavy atom. The number of carbonyl (C=O) groups is 2. The maximum absolute atomic E-state index is 14.0. The molecular weight excluding hydrogens is 365 g/mol. The average Bonchev–Trinajstić information content (AvgIpc) is 3.33. The van der Waals surface area contributed by atoms with Crippen LogP contribution in [0.15, 0.2) is 53.7 Å². The molecule has 0 aliphatic carbocycles. The third kappa shape index (κ3) is 4.97. The van der Waals surface area contributed by atoms with Crippen molar-refractivity contribution in [2.45, 2.75) is 19.9 Å². The first kappa shape index (κ1) is 19.2. The van der Waals surface area contributed by atoms with Crippen molar-refractivity contribution in [3.8, 4) is 0 Å². The fourth-order valence-corrected chi connectivity index (χ4v) is 2.57. The van der Waals surface area contributed by atoms with Crippen molar-refractivity contribution >= 4 is 23.3 Å². The first-order valence-electron chi connectivity index (χ1n) is 8.68. The molecule has 0 bridgehead atoms. The first-order valence-corrected chi connectivity index (χ1v) is 8.68. The molecule has 9 heteroatoms. The second-order valence-electron chi connectivity index (χ2n) is 6.07. The molecule has 0 atom stereocenters. The van der Waals surface area contributed by atoms with Gasteiger partial charge in [0.15, 0.2) is 0 Å². The number of amides is 3. The van der Waals surface area contributed by atoms with Crippen molar-refractivity contribution in [2.24, 2.45) is 0 Å². The fraction of sp³-hybridized carbons (Fsp3) is 0.211. The van der Waals surface area contributed by atoms with E-state index in [9.17, 15) is 14.0 Å². The molecule has 2 aromatic heterocycles. The van der Waals surface area contributed by atoms with Gasteiger partial charge in [-0.05, 0) is 37.6 Å². The van der Waals surface area contributed by atoms with Crippen molar-refractivity contribution in [1.29, 1.82) is 0 Å². The van der Waals surface area contributed by atoms with E-state index in [4.69, 9.17) is 4.42 Å². The summed E-state index contributed by atoms with van der Waals surface area (Å²) in [6.45, 7) is 2.84. The maximum Gasteiger partial charge on any atom is 0.319 e. The minimum Gasteiger partial charge on any atom is -0.469 e. The molecular formula is C19H20FN5O3. The van der Waals surface area contributed by atoms with Crippen molar-refractivity contribution in [3.05, 3.63) is 66.4 Å². The van der Waals surface area contributed by atoms with Gasteiger partial charge in [-0.2, -0.15) is 0 Å². The van der Waals surface area contributed by atoms with Gasteiger partial charge >= 0.3 is 6.03 Å². The number of benzene rings is 1. The zero-order valence-corrected chi connectivity index (χ0v) is 15.2. The third-order valence-corrected chi connectivity index (χ3v) is 4.01. The molecule has 0 fully saturated rings. The van der Waals surface area contributed by atoms with Crippen molar-refractivity contribution in [1.82, 2.24) is 14.9 Å². The SMILES string of the molecule is Cc1occc1C(=O)Nc1cc(NC(=O)NCCCn2ccnc2)ccc1F. The molecule has 0 saturated heterocycles. The second-order valence-corrected chi connectivity index (χ2v) is 6.07. The fourth-order valence-electron chi connectivity index (χ4n) is 2.57. The third-order valence-electron chi connectivity index (χ3n) is 4.01. The highest BCUT2D eigenvalue weighted by Crippen LogP contribution is 2.21. The van der Waals surface area contributed by atoms with E-state index in [-0.39, 0.29) is 5.69 Å². The molecule has 3 aromatic rings. The standard InChI is InChI=1S/C19H20FN5O3/c1-13-15(5-10-28-13)18(26)24-17-11-14(3-4-16(17)20)23-19(27)22-6-2-8-25-9-7-21-12-25/h3-5,7,9-12H,2,6,8H2,1H3,(H,24,26)(H2,22,23,27). The molecule has 0 saturated carbocycles. The molecule has 3 rings (SSSR count). The molecule has 8 nitrogen and oxygen atoms in total. The van der Waals surface area contributed by atoms with Crippen LogP contribution in [0.2, 0.25) is 0 Å². The summed E-state index contributed by atoms with van der Waals surface area (Å²) in [5.74, 6) is -0.672. The highest BCUT2D eigenvalue weighted by atomic mass is 19.1. The number of hydrogen-bond acceptors (Lipinski definition) is 4. The van der Waals surface area contributed by atoms with Crippen LogP contribution < -0.4 is 16.0 Å². The molecule has 2 heterocycles. The quantitative estimate of drug-likeness (QED) is 0.543. The van der Waals surface area contributed by atoms with Gasteiger partial charge in [0.25, 0.3) is 5.91 Å². The molecule has 0 unspecified atom stereocenters. The lowest BCUT2D eigenvalue weighted by Crippen LogP contribution is -2.30. The number of rotatable bonds is 7. The molecule has 3 amide bonds. The van der Waals surface area contributed by atoms with Gasteiger partial charge < -0.3 is 24.9 Å². The van der Waals surface area contributed by atoms with Gasteiger partial charge in [0.1, 0.15) is 11.6 Å². The number of halogens is 1. The number of hydrogen-bond donors (Lipinski definition) is 3. The van der Waals surface area contributed by atoms with Gasteiger partial charge in [-0.15, -0.1) is 0 Å². The maximum atomic E-state index is 14.0. The normalized spacial score (nSPS) is 10.5. The lowest BCUT2D eigenvalue weighted by molar-refractivity contribution is 0.102. The molecule has 146 valence electrons. The molecule has 0 radical (unpaired) electrons. The zero-order valence-electron chi connectivity index (χ0n) is 15.2. The van der Waals surface area contributed by atoms with E-state index in [1.807, 2.05) is 10.8 Å². The Bertz CT molecular complexity index is 952. The smallest absolute Gasteiger partial charge is 0.319 e. The van der Waals surface area contributed by atoms with E-state index in [1.54, 1.807) is 19.4 Å². The summed E-state index contributed by atoms with van der Waals surface area (Å²) >= 11 is 0. The van der Waals surface area contributed by atoms with E-state index in [0.29, 0.717) is 23.6 Å². The first-order chi connectivity index (χ1) is 13.5. The zero-order chi connectivity index (χ0) is 19.9. The minimum atomic E-state index is -0.610. The van der Waals surface area contributed by atoms with Crippen LogP contribution in [0.4, 0.5) is 20.6 Å². The lowest BCUT2D eigenvalue weighted by Gasteiger charge is -2.11. The van der Waals surface area contributed by atoms with Crippen LogP contribution in [0.25, 0.3) is 0 Å². The van der Waals surface area contributed by atoms with E-state index < -0.39 is 17.8 Å². The number of anilines is 2. The number of aryl methyl sites for hydroxylation is 2. The summed E-state index contributed by atoms with van der Waals surface area (Å²) in [6.07, 6.45) is 7.37. The number of nitrogens with zero attached hydrogens (tertiary/aromatic N) is 2. The number of urea groups is 1. The van der Waals surface area contributed by atoms with Crippen LogP contribution >= 0.6 is 0 Å². The Morgan fingerprint density at radius 2 is 2.11 bits per heavy atom. The summed E-state index contributed by atoms with van der Waals surface area (Å²) in [7, 11) is 0. The van der Waals surface area contributed by atoms with Gasteiger partial charge in [0, 0.05) is 31.2 Å². The Balaban J connectivity index is 1.52. The Labute approximate surface area is 160 Å². The van der Waals surface area contributed by atoms with Gasteiger partial charge in [-0.3, -0.25) is 4.79 Å². The number of carbonyl (C=O) groups excluding carboxylic acids is 2. The summed E-state index contributed by atoms with van der Waals surface area (Å²) in [5.41, 5.74) is 0.629. The van der Waals surface area contributed by atoms with Crippen LogP contribution in [0.3, 0.4) is 0 Å². The van der Waals surface area contributed by atoms with Crippen LogP contribution in [-0.2, 0) is 6.54 Å². The lowest BCUT2D eigenvalue weighted by atomic mass is 10.2. The van der Waals surface area contributed by atoms with Crippen molar-refractivity contribution in [3.63, 3.8) is 0 Å². The molecule has 3 N–H and O–H groups in total. The Hall–Kier alpha value is -3.62. The number of aromatic nitrogens is 2. The monoisotopic (exact) mass is 385 g/mol. The van der Waals surface area contributed by atoms with Gasteiger partial charge in [-0.25, -0.2) is 14.2 Å². The highest BCUT2D eigenvalue weighted by Gasteiger charge is 2.14. The van der Waals surface area contributed by atoms with Gasteiger partial charge in [0.2, 0.25) is 0 Å². The molecule has 28 heavy (non-hydrogen) atoms. The second kappa shape index (κ2) is 8.85. The predicted molar refractivity (Wildman–Crippen MR) is 102 cm³/mol. The van der Waals surface area contributed by atoms with Crippen LogP contribution in [-0.4, -0.2) is 28.0 Å². The molecule has 0 aliphatic heterocycles. The summed E-state index contributed by atoms with van der Waals surface area (Å²) < 4.78 is 21.0. The summed E-state index contributed by atoms with van der Waals surface area (Å²) in [5, 5.41) is 7.82. The highest BCUT2D eigenvalue weighted by molar-refractivity contribution is 6.05. The number of nitrogens with one attached hydrogen (secondary N) is 3. The Kier molecular flexibility index (Phi) is 6.05. The largest absolute Gasteiger partial charge is 0.469 e. The van der Waals surface area contributed by atoms with E-state index >= 15 is 0 Å². The van der Waals surface area contributed by atoms with E-state index in [1.165, 1.54) is 30.5 Å². The van der Waals surface area contributed by atoms with Crippen LogP contribution in [0.1, 0.15) is 22.5 Å². The average molecular weight is 385 g/mol. The van der Waals surface area contributed by atoms with Crippen LogP contribution in [0.5, 0.6) is 0 Å². The molecule has 1 aromatic carbocycles. The van der Waals surface area contributed by atoms with Gasteiger partial charge in [0.05, 0.1) is 23.8 Å². The number of furan rings is 1. The van der Waals surface area contributed by atoms with Crippen molar-refractivity contribution < 1.29 is 18.4 Å². The van der Waals surface area contributed by atoms with Crippen LogP contribution in [0, 0.1) is 12.7 Å². The number of imidazole rings is 1. The molecule has 0 spiro atoms. The van der Waals surface area contributed by atoms with Gasteiger partial charge in [-0.1, -0.05) is 0 Å². The summed E-state index contributed by atoms with van der Waals surface area (Å²) in [4.78, 5) is 28.1. The Morgan fingerprint density at radius 3 is 2.82 bits per heavy atom. The minimum absolute atomic E-state index is 0.0384. The molecule has 0 aliphatic rings. The van der Waals surface area contributed by atoms with Crippen molar-refractivity contribution in [2.75, 3.05) is 17.2 Å². The van der Waals surface area contributed by atoms with E-state index in [0.717, 1.165) is 13.0 Å². The predicted octanol–water partition coefficient (Wildman–Crippen LogP) is 3.39.